The summed E-state index contributed by atoms with van der Waals surface area (Å²) in [7, 11) is 0. The van der Waals surface area contributed by atoms with Crippen LogP contribution in [0, 0.1) is 11.3 Å². The highest BCUT2D eigenvalue weighted by atomic mass is 16.4. The molecule has 16 heavy (non-hydrogen) atoms. The van der Waals surface area contributed by atoms with Gasteiger partial charge >= 0.3 is 5.97 Å². The zero-order valence-corrected chi connectivity index (χ0v) is 10.7. The Kier molecular flexibility index (Phi) is 6.08. The SMILES string of the molecule is CCCC(=O)NCC(CC(=O)O)C(C)(C)C. The number of nitrogens with one attached hydrogen (secondary N) is 1. The lowest BCUT2D eigenvalue weighted by Gasteiger charge is -2.29. The zero-order chi connectivity index (χ0) is 12.8. The van der Waals surface area contributed by atoms with Gasteiger partial charge in [0.2, 0.25) is 5.91 Å². The summed E-state index contributed by atoms with van der Waals surface area (Å²) in [6.45, 7) is 8.36. The molecule has 0 rings (SSSR count). The van der Waals surface area contributed by atoms with Gasteiger partial charge in [-0.1, -0.05) is 27.7 Å². The maximum atomic E-state index is 11.3. The number of carboxylic acid groups (broad SMARTS) is 1. The molecule has 1 atom stereocenters. The van der Waals surface area contributed by atoms with Crippen molar-refractivity contribution in [3.8, 4) is 0 Å². The third kappa shape index (κ3) is 6.43. The summed E-state index contributed by atoms with van der Waals surface area (Å²) in [4.78, 5) is 22.0. The molecule has 0 aliphatic carbocycles. The first-order chi connectivity index (χ1) is 7.27. The lowest BCUT2D eigenvalue weighted by atomic mass is 9.78. The molecular weight excluding hydrogens is 206 g/mol. The number of carboxylic acids is 1. The summed E-state index contributed by atoms with van der Waals surface area (Å²) in [6.07, 6.45) is 1.41. The third-order valence-corrected chi connectivity index (χ3v) is 2.67. The molecule has 4 nitrogen and oxygen atoms in total. The topological polar surface area (TPSA) is 66.4 Å². The summed E-state index contributed by atoms with van der Waals surface area (Å²) in [5.41, 5.74) is -0.113. The first-order valence-corrected chi connectivity index (χ1v) is 5.75. The molecule has 94 valence electrons. The van der Waals surface area contributed by atoms with E-state index in [1.54, 1.807) is 0 Å². The van der Waals surface area contributed by atoms with Gasteiger partial charge in [0.05, 0.1) is 6.42 Å². The second-order valence-corrected chi connectivity index (χ2v) is 5.21. The second-order valence-electron chi connectivity index (χ2n) is 5.21. The number of hydrogen-bond donors (Lipinski definition) is 2. The highest BCUT2D eigenvalue weighted by Gasteiger charge is 2.27. The van der Waals surface area contributed by atoms with Crippen molar-refractivity contribution in [3.63, 3.8) is 0 Å². The average Bonchev–Trinajstić information content (AvgIpc) is 2.10. The van der Waals surface area contributed by atoms with E-state index >= 15 is 0 Å². The zero-order valence-electron chi connectivity index (χ0n) is 10.7. The smallest absolute Gasteiger partial charge is 0.303 e. The van der Waals surface area contributed by atoms with Crippen molar-refractivity contribution in [3.05, 3.63) is 0 Å². The van der Waals surface area contributed by atoms with Crippen LogP contribution in [0.3, 0.4) is 0 Å². The predicted octanol–water partition coefficient (Wildman–Crippen LogP) is 2.04. The molecule has 4 heteroatoms. The van der Waals surface area contributed by atoms with E-state index in [1.807, 2.05) is 27.7 Å². The molecule has 0 aromatic carbocycles. The fourth-order valence-corrected chi connectivity index (χ4v) is 1.45. The van der Waals surface area contributed by atoms with Crippen LogP contribution in [0.1, 0.15) is 47.0 Å². The number of carbonyl (C=O) groups is 2. The molecule has 1 amide bonds. The lowest BCUT2D eigenvalue weighted by molar-refractivity contribution is -0.139. The van der Waals surface area contributed by atoms with E-state index in [0.29, 0.717) is 13.0 Å². The molecule has 1 unspecified atom stereocenters. The van der Waals surface area contributed by atoms with E-state index in [1.165, 1.54) is 0 Å². The van der Waals surface area contributed by atoms with Crippen molar-refractivity contribution in [2.24, 2.45) is 11.3 Å². The van der Waals surface area contributed by atoms with Crippen molar-refractivity contribution in [1.82, 2.24) is 5.32 Å². The normalized spacial score (nSPS) is 13.2. The second kappa shape index (κ2) is 6.51. The van der Waals surface area contributed by atoms with Gasteiger partial charge in [0.25, 0.3) is 0 Å². The number of rotatable bonds is 6. The van der Waals surface area contributed by atoms with Crippen LogP contribution in [0.25, 0.3) is 0 Å². The van der Waals surface area contributed by atoms with Gasteiger partial charge in [-0.25, -0.2) is 0 Å². The lowest BCUT2D eigenvalue weighted by Crippen LogP contribution is -2.36. The van der Waals surface area contributed by atoms with Crippen LogP contribution in [-0.4, -0.2) is 23.5 Å². The Balaban J connectivity index is 4.23. The van der Waals surface area contributed by atoms with E-state index in [-0.39, 0.29) is 23.7 Å². The first-order valence-electron chi connectivity index (χ1n) is 5.75. The van der Waals surface area contributed by atoms with Gasteiger partial charge in [0.15, 0.2) is 0 Å². The molecule has 0 aliphatic rings. The Hall–Kier alpha value is -1.06. The first kappa shape index (κ1) is 14.9. The van der Waals surface area contributed by atoms with Gasteiger partial charge in [-0.2, -0.15) is 0 Å². The van der Waals surface area contributed by atoms with Crippen molar-refractivity contribution in [2.45, 2.75) is 47.0 Å². The molecule has 0 radical (unpaired) electrons. The van der Waals surface area contributed by atoms with Gasteiger partial charge in [-0.3, -0.25) is 9.59 Å². The number of amides is 1. The molecule has 0 heterocycles. The predicted molar refractivity (Wildman–Crippen MR) is 63.1 cm³/mol. The van der Waals surface area contributed by atoms with Crippen LogP contribution in [0.2, 0.25) is 0 Å². The average molecular weight is 229 g/mol. The van der Waals surface area contributed by atoms with Gasteiger partial charge in [0.1, 0.15) is 0 Å². The molecule has 0 aromatic rings. The fraction of sp³-hybridized carbons (Fsp3) is 0.833. The van der Waals surface area contributed by atoms with E-state index in [9.17, 15) is 9.59 Å². The van der Waals surface area contributed by atoms with Gasteiger partial charge < -0.3 is 10.4 Å². The summed E-state index contributed by atoms with van der Waals surface area (Å²) < 4.78 is 0. The number of aliphatic carboxylic acids is 1. The molecule has 0 saturated carbocycles. The molecular formula is C12H23NO3. The van der Waals surface area contributed by atoms with Crippen LogP contribution in [-0.2, 0) is 9.59 Å². The Morgan fingerprint density at radius 1 is 1.31 bits per heavy atom. The maximum Gasteiger partial charge on any atom is 0.303 e. The van der Waals surface area contributed by atoms with Crippen molar-refractivity contribution in [2.75, 3.05) is 6.54 Å². The van der Waals surface area contributed by atoms with E-state index in [2.05, 4.69) is 5.32 Å². The molecule has 0 aromatic heterocycles. The highest BCUT2D eigenvalue weighted by Crippen LogP contribution is 2.28. The summed E-state index contributed by atoms with van der Waals surface area (Å²) in [5.74, 6) is -0.849. The third-order valence-electron chi connectivity index (χ3n) is 2.67. The van der Waals surface area contributed by atoms with Crippen LogP contribution < -0.4 is 5.32 Å². The maximum absolute atomic E-state index is 11.3. The van der Waals surface area contributed by atoms with E-state index < -0.39 is 5.97 Å². The molecule has 0 aliphatic heterocycles. The number of hydrogen-bond acceptors (Lipinski definition) is 2. The van der Waals surface area contributed by atoms with Gasteiger partial charge in [-0.05, 0) is 17.8 Å². The Bertz CT molecular complexity index is 243. The van der Waals surface area contributed by atoms with Crippen molar-refractivity contribution >= 4 is 11.9 Å². The Labute approximate surface area is 97.4 Å². The highest BCUT2D eigenvalue weighted by molar-refractivity contribution is 5.75. The van der Waals surface area contributed by atoms with Crippen LogP contribution in [0.5, 0.6) is 0 Å². The minimum Gasteiger partial charge on any atom is -0.481 e. The van der Waals surface area contributed by atoms with Gasteiger partial charge in [-0.15, -0.1) is 0 Å². The molecule has 0 fully saturated rings. The Morgan fingerprint density at radius 2 is 1.88 bits per heavy atom. The summed E-state index contributed by atoms with van der Waals surface area (Å²) >= 11 is 0. The minimum absolute atomic E-state index is 0.00198. The van der Waals surface area contributed by atoms with Crippen molar-refractivity contribution < 1.29 is 14.7 Å². The van der Waals surface area contributed by atoms with Crippen LogP contribution >= 0.6 is 0 Å². The van der Waals surface area contributed by atoms with Crippen molar-refractivity contribution in [1.29, 1.82) is 0 Å². The molecule has 0 bridgehead atoms. The largest absolute Gasteiger partial charge is 0.481 e. The molecule has 0 spiro atoms. The van der Waals surface area contributed by atoms with Crippen LogP contribution in [0.4, 0.5) is 0 Å². The summed E-state index contributed by atoms with van der Waals surface area (Å²) in [6, 6.07) is 0. The Morgan fingerprint density at radius 3 is 2.25 bits per heavy atom. The fourth-order valence-electron chi connectivity index (χ4n) is 1.45. The quantitative estimate of drug-likeness (QED) is 0.732. The van der Waals surface area contributed by atoms with E-state index in [4.69, 9.17) is 5.11 Å². The summed E-state index contributed by atoms with van der Waals surface area (Å²) in [5, 5.41) is 11.6. The van der Waals surface area contributed by atoms with Gasteiger partial charge in [0, 0.05) is 13.0 Å². The minimum atomic E-state index is -0.815. The van der Waals surface area contributed by atoms with Crippen LogP contribution in [0.15, 0.2) is 0 Å². The van der Waals surface area contributed by atoms with E-state index in [0.717, 1.165) is 6.42 Å². The molecule has 2 N–H and O–H groups in total. The number of carbonyl (C=O) groups excluding carboxylic acids is 1. The standard InChI is InChI=1S/C12H23NO3/c1-5-6-10(14)13-8-9(7-11(15)16)12(2,3)4/h9H,5-8H2,1-4H3,(H,13,14)(H,15,16). The monoisotopic (exact) mass is 229 g/mol. The molecule has 0 saturated heterocycles.